The number of H-pyrrole nitrogens is 1. The number of aromatic hydroxyl groups is 1. The lowest BCUT2D eigenvalue weighted by atomic mass is 9.89. The van der Waals surface area contributed by atoms with E-state index in [0.717, 1.165) is 36.9 Å². The largest absolute Gasteiger partial charge is 0.508 e. The molecule has 2 saturated heterocycles. The fraction of sp³-hybridized carbons (Fsp3) is 0.407. The third-order valence-electron chi connectivity index (χ3n) is 7.97. The number of aromatic amines is 1. The molecule has 3 amide bonds. The first-order valence-corrected chi connectivity index (χ1v) is 12.8. The SMILES string of the molecule is CC1CCN(CCN2C(=O)[C@@H]3Cc4c([nH]c5cc(F)c(Cl)cc45)C(c4cccc(O)c4)N3C2=O)CC1. The van der Waals surface area contributed by atoms with Gasteiger partial charge in [0.15, 0.2) is 0 Å². The molecule has 7 nitrogen and oxygen atoms in total. The number of phenolic OH excluding ortho intramolecular Hbond substituents is 1. The van der Waals surface area contributed by atoms with Gasteiger partial charge in [-0.3, -0.25) is 14.6 Å². The Hall–Kier alpha value is -3.10. The number of hydrogen-bond acceptors (Lipinski definition) is 4. The summed E-state index contributed by atoms with van der Waals surface area (Å²) in [4.78, 5) is 35.9. The van der Waals surface area contributed by atoms with Gasteiger partial charge in [0.05, 0.1) is 5.02 Å². The summed E-state index contributed by atoms with van der Waals surface area (Å²) in [6.07, 6.45) is 2.57. The van der Waals surface area contributed by atoms with E-state index < -0.39 is 17.9 Å². The van der Waals surface area contributed by atoms with Crippen LogP contribution in [0.5, 0.6) is 5.75 Å². The third-order valence-corrected chi connectivity index (χ3v) is 8.26. The van der Waals surface area contributed by atoms with Crippen molar-refractivity contribution in [2.45, 2.75) is 38.3 Å². The first kappa shape index (κ1) is 23.3. The number of nitrogens with zero attached hydrogens (tertiary/aromatic N) is 3. The highest BCUT2D eigenvalue weighted by Crippen LogP contribution is 2.45. The zero-order valence-electron chi connectivity index (χ0n) is 20.0. The Balaban J connectivity index is 1.38. The quantitative estimate of drug-likeness (QED) is 0.500. The fourth-order valence-electron chi connectivity index (χ4n) is 5.95. The number of nitrogens with one attached hydrogen (secondary N) is 1. The number of hydrogen-bond donors (Lipinski definition) is 2. The molecular weight excluding hydrogens is 483 g/mol. The average molecular weight is 511 g/mol. The van der Waals surface area contributed by atoms with Crippen LogP contribution >= 0.6 is 11.6 Å². The minimum Gasteiger partial charge on any atom is -0.508 e. The smallest absolute Gasteiger partial charge is 0.328 e. The Morgan fingerprint density at radius 2 is 1.92 bits per heavy atom. The Bertz CT molecular complexity index is 1370. The Morgan fingerprint density at radius 3 is 2.67 bits per heavy atom. The molecule has 0 saturated carbocycles. The van der Waals surface area contributed by atoms with Gasteiger partial charge in [-0.15, -0.1) is 0 Å². The van der Waals surface area contributed by atoms with Crippen LogP contribution in [0.15, 0.2) is 36.4 Å². The molecular formula is C27H28ClFN4O3. The van der Waals surface area contributed by atoms with Crippen molar-refractivity contribution in [3.63, 3.8) is 0 Å². The van der Waals surface area contributed by atoms with Crippen LogP contribution in [-0.4, -0.2) is 68.9 Å². The molecule has 4 heterocycles. The van der Waals surface area contributed by atoms with E-state index in [0.29, 0.717) is 42.2 Å². The minimum absolute atomic E-state index is 0.00642. The van der Waals surface area contributed by atoms with Crippen LogP contribution in [-0.2, 0) is 11.2 Å². The van der Waals surface area contributed by atoms with Gasteiger partial charge in [0.1, 0.15) is 23.7 Å². The second kappa shape index (κ2) is 8.78. The van der Waals surface area contributed by atoms with Gasteiger partial charge in [0.25, 0.3) is 5.91 Å². The number of urea groups is 1. The minimum atomic E-state index is -0.679. The maximum Gasteiger partial charge on any atom is 0.328 e. The third kappa shape index (κ3) is 3.74. The molecule has 3 aromatic rings. The van der Waals surface area contributed by atoms with Crippen LogP contribution in [0.4, 0.5) is 9.18 Å². The molecule has 188 valence electrons. The topological polar surface area (TPSA) is 79.9 Å². The van der Waals surface area contributed by atoms with Crippen molar-refractivity contribution in [2.75, 3.05) is 26.2 Å². The number of amides is 3. The lowest BCUT2D eigenvalue weighted by Gasteiger charge is -2.36. The number of carbonyl (C=O) groups is 2. The van der Waals surface area contributed by atoms with Crippen LogP contribution in [0, 0.1) is 11.7 Å². The lowest BCUT2D eigenvalue weighted by Crippen LogP contribution is -2.44. The summed E-state index contributed by atoms with van der Waals surface area (Å²) in [5.74, 6) is 0.0148. The molecule has 2 atom stereocenters. The summed E-state index contributed by atoms with van der Waals surface area (Å²) in [7, 11) is 0. The average Bonchev–Trinajstić information content (AvgIpc) is 3.31. The van der Waals surface area contributed by atoms with Crippen molar-refractivity contribution in [3.05, 3.63) is 64.1 Å². The molecule has 6 rings (SSSR count). The number of imide groups is 1. The molecule has 1 unspecified atom stereocenters. The van der Waals surface area contributed by atoms with Gasteiger partial charge >= 0.3 is 6.03 Å². The summed E-state index contributed by atoms with van der Waals surface area (Å²) in [6.45, 7) is 5.21. The highest BCUT2D eigenvalue weighted by molar-refractivity contribution is 6.31. The number of halogens is 2. The maximum absolute atomic E-state index is 14.2. The summed E-state index contributed by atoms with van der Waals surface area (Å²) in [5, 5.41) is 10.9. The molecule has 2 aromatic carbocycles. The number of carbonyl (C=O) groups excluding carboxylic acids is 2. The lowest BCUT2D eigenvalue weighted by molar-refractivity contribution is -0.128. The van der Waals surface area contributed by atoms with Gasteiger partial charge in [0.2, 0.25) is 0 Å². The van der Waals surface area contributed by atoms with E-state index in [1.54, 1.807) is 29.2 Å². The molecule has 2 N–H and O–H groups in total. The summed E-state index contributed by atoms with van der Waals surface area (Å²) < 4.78 is 14.2. The standard InChI is InChI=1S/C27H28ClFN4O3/c1-15-5-7-31(8-6-15)9-10-32-26(35)23-13-19-18-12-20(28)21(29)14-22(18)30-24(19)25(33(23)27(32)36)16-3-2-4-17(34)11-16/h2-4,11-12,14-15,23,25,30,34H,5-10,13H2,1H3/t23-,25?/m0/s1. The predicted molar refractivity (Wildman–Crippen MR) is 134 cm³/mol. The number of fused-ring (bicyclic) bond motifs is 4. The molecule has 3 aliphatic heterocycles. The fourth-order valence-corrected chi connectivity index (χ4v) is 6.11. The molecule has 0 spiro atoms. The number of likely N-dealkylation sites (tertiary alicyclic amines) is 1. The molecule has 36 heavy (non-hydrogen) atoms. The second-order valence-corrected chi connectivity index (χ2v) is 10.7. The van der Waals surface area contributed by atoms with E-state index in [-0.39, 0.29) is 22.7 Å². The Labute approximate surface area is 213 Å². The van der Waals surface area contributed by atoms with Gasteiger partial charge in [-0.2, -0.15) is 0 Å². The zero-order chi connectivity index (χ0) is 25.1. The molecule has 3 aliphatic rings. The van der Waals surface area contributed by atoms with Crippen molar-refractivity contribution >= 4 is 34.4 Å². The summed E-state index contributed by atoms with van der Waals surface area (Å²) in [6, 6.07) is 7.98. The van der Waals surface area contributed by atoms with Gasteiger partial charge < -0.3 is 15.0 Å². The van der Waals surface area contributed by atoms with Crippen LogP contribution in [0.25, 0.3) is 10.9 Å². The first-order chi connectivity index (χ1) is 17.3. The number of rotatable bonds is 4. The molecule has 0 aliphatic carbocycles. The van der Waals surface area contributed by atoms with Crippen molar-refractivity contribution in [3.8, 4) is 5.75 Å². The predicted octanol–water partition coefficient (Wildman–Crippen LogP) is 4.68. The van der Waals surface area contributed by atoms with Crippen LogP contribution < -0.4 is 0 Å². The normalized spacial score (nSPS) is 23.0. The second-order valence-electron chi connectivity index (χ2n) is 10.3. The van der Waals surface area contributed by atoms with E-state index >= 15 is 0 Å². The zero-order valence-corrected chi connectivity index (χ0v) is 20.8. The summed E-state index contributed by atoms with van der Waals surface area (Å²) >= 11 is 6.11. The molecule has 9 heteroatoms. The van der Waals surface area contributed by atoms with Gasteiger partial charge in [-0.05, 0) is 67.2 Å². The maximum atomic E-state index is 14.2. The van der Waals surface area contributed by atoms with Gasteiger partial charge in [-0.1, -0.05) is 30.7 Å². The van der Waals surface area contributed by atoms with Gasteiger partial charge in [-0.25, -0.2) is 9.18 Å². The van der Waals surface area contributed by atoms with Crippen molar-refractivity contribution in [2.24, 2.45) is 5.92 Å². The molecule has 0 bridgehead atoms. The molecule has 0 radical (unpaired) electrons. The van der Waals surface area contributed by atoms with Crippen molar-refractivity contribution in [1.82, 2.24) is 19.7 Å². The van der Waals surface area contributed by atoms with E-state index in [1.807, 2.05) is 6.07 Å². The highest BCUT2D eigenvalue weighted by atomic mass is 35.5. The Morgan fingerprint density at radius 1 is 1.14 bits per heavy atom. The van der Waals surface area contributed by atoms with Crippen molar-refractivity contribution in [1.29, 1.82) is 0 Å². The van der Waals surface area contributed by atoms with E-state index in [4.69, 9.17) is 11.6 Å². The summed E-state index contributed by atoms with van der Waals surface area (Å²) in [5.41, 5.74) is 2.78. The molecule has 2 fully saturated rings. The van der Waals surface area contributed by atoms with Gasteiger partial charge in [0, 0.05) is 36.1 Å². The monoisotopic (exact) mass is 510 g/mol. The van der Waals surface area contributed by atoms with Crippen LogP contribution in [0.1, 0.15) is 42.6 Å². The van der Waals surface area contributed by atoms with Crippen LogP contribution in [0.2, 0.25) is 5.02 Å². The molecule has 1 aromatic heterocycles. The highest BCUT2D eigenvalue weighted by Gasteiger charge is 2.52. The van der Waals surface area contributed by atoms with Crippen LogP contribution in [0.3, 0.4) is 0 Å². The first-order valence-electron chi connectivity index (χ1n) is 12.5. The number of aromatic nitrogens is 1. The number of benzene rings is 2. The van der Waals surface area contributed by atoms with E-state index in [2.05, 4.69) is 16.8 Å². The van der Waals surface area contributed by atoms with E-state index in [9.17, 15) is 19.1 Å². The van der Waals surface area contributed by atoms with E-state index in [1.165, 1.54) is 11.0 Å². The number of piperidine rings is 1. The Kier molecular flexibility index (Phi) is 5.68. The number of phenols is 1. The van der Waals surface area contributed by atoms with Crippen molar-refractivity contribution < 1.29 is 19.1 Å².